The molecule has 0 radical (unpaired) electrons. The fourth-order valence-electron chi connectivity index (χ4n) is 4.82. The van der Waals surface area contributed by atoms with Gasteiger partial charge in [0.1, 0.15) is 5.75 Å². The summed E-state index contributed by atoms with van der Waals surface area (Å²) in [6, 6.07) is 14.7. The Bertz CT molecular complexity index is 1590. The number of benzene rings is 2. The van der Waals surface area contributed by atoms with Crippen molar-refractivity contribution in [3.63, 3.8) is 0 Å². The number of amides is 1. The van der Waals surface area contributed by atoms with Gasteiger partial charge < -0.3 is 25.2 Å². The Morgan fingerprint density at radius 1 is 0.977 bits per heavy atom. The largest absolute Gasteiger partial charge is 0.438 e. The van der Waals surface area contributed by atoms with Gasteiger partial charge in [0.15, 0.2) is 0 Å². The number of anilines is 2. The summed E-state index contributed by atoms with van der Waals surface area (Å²) >= 11 is 0. The monoisotopic (exact) mass is 605 g/mol. The van der Waals surface area contributed by atoms with Gasteiger partial charge in [-0.2, -0.15) is 13.2 Å². The van der Waals surface area contributed by atoms with Crippen LogP contribution in [0.1, 0.15) is 27.9 Å². The highest BCUT2D eigenvalue weighted by Gasteiger charge is 2.31. The van der Waals surface area contributed by atoms with Crippen LogP contribution in [0, 0.1) is 6.92 Å². The molecule has 4 aromatic rings. The fraction of sp³-hybridized carbons (Fsp3) is 0.312. The molecule has 0 saturated carbocycles. The van der Waals surface area contributed by atoms with Crippen LogP contribution in [0.25, 0.3) is 11.3 Å². The molecule has 12 heteroatoms. The second-order valence-electron chi connectivity index (χ2n) is 10.7. The van der Waals surface area contributed by atoms with E-state index in [9.17, 15) is 18.0 Å². The average molecular weight is 606 g/mol. The standard InChI is InChI=1S/C32H34F3N7O2/c1-22-20-25(39-29(43)23-6-3-7-24(21-23)32(33,34)35)9-10-28(22)44-30-26(8-4-12-36-30)27-11-14-38-31(40-27)37-13-5-15-42-18-16-41(2)17-19-42/h3-4,6-12,14,20-21H,5,13,15-19H2,1-2H3,(H,39,43)(H,37,38,40). The number of carbonyl (C=O) groups excluding carboxylic acids is 1. The second kappa shape index (κ2) is 13.8. The molecule has 2 N–H and O–H groups in total. The summed E-state index contributed by atoms with van der Waals surface area (Å²) in [6.45, 7) is 7.93. The highest BCUT2D eigenvalue weighted by Crippen LogP contribution is 2.33. The van der Waals surface area contributed by atoms with Gasteiger partial charge >= 0.3 is 6.18 Å². The van der Waals surface area contributed by atoms with Crippen LogP contribution in [0.4, 0.5) is 24.8 Å². The number of halogens is 3. The summed E-state index contributed by atoms with van der Waals surface area (Å²) in [7, 11) is 2.15. The molecule has 1 amide bonds. The van der Waals surface area contributed by atoms with Crippen molar-refractivity contribution in [3.8, 4) is 22.9 Å². The van der Waals surface area contributed by atoms with E-state index in [1.54, 1.807) is 49.6 Å². The number of carbonyl (C=O) groups is 1. The molecule has 2 aromatic heterocycles. The van der Waals surface area contributed by atoms with E-state index in [0.717, 1.165) is 57.8 Å². The predicted octanol–water partition coefficient (Wildman–Crippen LogP) is 5.96. The molecular formula is C32H34F3N7O2. The molecule has 1 aliphatic rings. The number of likely N-dealkylation sites (N-methyl/N-ethyl adjacent to an activating group) is 1. The molecule has 1 aliphatic heterocycles. The topological polar surface area (TPSA) is 95.5 Å². The summed E-state index contributed by atoms with van der Waals surface area (Å²) in [6.07, 6.45) is -0.246. The minimum Gasteiger partial charge on any atom is -0.438 e. The van der Waals surface area contributed by atoms with Gasteiger partial charge in [-0.25, -0.2) is 15.0 Å². The van der Waals surface area contributed by atoms with Crippen LogP contribution in [0.3, 0.4) is 0 Å². The summed E-state index contributed by atoms with van der Waals surface area (Å²) in [4.78, 5) is 30.9. The van der Waals surface area contributed by atoms with E-state index in [2.05, 4.69) is 42.4 Å². The van der Waals surface area contributed by atoms with Gasteiger partial charge in [0.25, 0.3) is 5.91 Å². The summed E-state index contributed by atoms with van der Waals surface area (Å²) in [5.74, 6) is 0.714. The van der Waals surface area contributed by atoms with Crippen LogP contribution in [0.5, 0.6) is 11.6 Å². The molecule has 9 nitrogen and oxygen atoms in total. The first-order valence-corrected chi connectivity index (χ1v) is 14.4. The van der Waals surface area contributed by atoms with Crippen molar-refractivity contribution in [2.45, 2.75) is 19.5 Å². The number of alkyl halides is 3. The van der Waals surface area contributed by atoms with Gasteiger partial charge in [0, 0.05) is 56.4 Å². The molecule has 0 atom stereocenters. The second-order valence-corrected chi connectivity index (χ2v) is 10.7. The Kier molecular flexibility index (Phi) is 9.71. The lowest BCUT2D eigenvalue weighted by molar-refractivity contribution is -0.137. The first-order valence-electron chi connectivity index (χ1n) is 14.4. The van der Waals surface area contributed by atoms with Gasteiger partial charge in [-0.1, -0.05) is 6.07 Å². The van der Waals surface area contributed by atoms with Gasteiger partial charge in [-0.3, -0.25) is 4.79 Å². The molecular weight excluding hydrogens is 571 g/mol. The number of ether oxygens (including phenoxy) is 1. The third kappa shape index (κ3) is 8.08. The summed E-state index contributed by atoms with van der Waals surface area (Å²) in [5, 5.41) is 5.96. The minimum absolute atomic E-state index is 0.0929. The SMILES string of the molecule is Cc1cc(NC(=O)c2cccc(C(F)(F)F)c2)ccc1Oc1ncccc1-c1ccnc(NCCCN2CCN(C)CC2)n1. The number of nitrogens with zero attached hydrogens (tertiary/aromatic N) is 5. The Hall–Kier alpha value is -4.55. The maximum absolute atomic E-state index is 13.1. The van der Waals surface area contributed by atoms with E-state index in [1.165, 1.54) is 12.1 Å². The van der Waals surface area contributed by atoms with Crippen LogP contribution in [-0.2, 0) is 6.18 Å². The van der Waals surface area contributed by atoms with Crippen LogP contribution < -0.4 is 15.4 Å². The van der Waals surface area contributed by atoms with Gasteiger partial charge in [-0.15, -0.1) is 0 Å². The molecule has 5 rings (SSSR count). The molecule has 2 aromatic carbocycles. The lowest BCUT2D eigenvalue weighted by atomic mass is 10.1. The van der Waals surface area contributed by atoms with Gasteiger partial charge in [0.05, 0.1) is 16.8 Å². The van der Waals surface area contributed by atoms with Crippen molar-refractivity contribution in [3.05, 3.63) is 89.7 Å². The van der Waals surface area contributed by atoms with E-state index in [-0.39, 0.29) is 5.56 Å². The van der Waals surface area contributed by atoms with E-state index in [0.29, 0.717) is 40.1 Å². The molecule has 230 valence electrons. The molecule has 0 aliphatic carbocycles. The molecule has 0 spiro atoms. The van der Waals surface area contributed by atoms with Crippen molar-refractivity contribution < 1.29 is 22.7 Å². The highest BCUT2D eigenvalue weighted by molar-refractivity contribution is 6.04. The quantitative estimate of drug-likeness (QED) is 0.214. The first-order chi connectivity index (χ1) is 21.2. The molecule has 0 unspecified atom stereocenters. The number of pyridine rings is 1. The van der Waals surface area contributed by atoms with Crippen molar-refractivity contribution in [2.24, 2.45) is 0 Å². The van der Waals surface area contributed by atoms with Crippen LogP contribution >= 0.6 is 0 Å². The van der Waals surface area contributed by atoms with Gasteiger partial charge in [-0.05, 0) is 87.1 Å². The molecule has 0 bridgehead atoms. The zero-order chi connectivity index (χ0) is 31.1. The maximum Gasteiger partial charge on any atom is 0.416 e. The van der Waals surface area contributed by atoms with Crippen molar-refractivity contribution in [2.75, 3.05) is 56.9 Å². The molecule has 44 heavy (non-hydrogen) atoms. The lowest BCUT2D eigenvalue weighted by Crippen LogP contribution is -2.44. The summed E-state index contributed by atoms with van der Waals surface area (Å²) in [5.41, 5.74) is 1.45. The Morgan fingerprint density at radius 3 is 2.57 bits per heavy atom. The van der Waals surface area contributed by atoms with Crippen LogP contribution in [-0.4, -0.2) is 77.0 Å². The van der Waals surface area contributed by atoms with E-state index in [1.807, 2.05) is 6.07 Å². The Labute approximate surface area is 254 Å². The summed E-state index contributed by atoms with van der Waals surface area (Å²) < 4.78 is 45.3. The smallest absolute Gasteiger partial charge is 0.416 e. The number of rotatable bonds is 10. The first kappa shape index (κ1) is 30.9. The number of hydrogen-bond donors (Lipinski definition) is 2. The lowest BCUT2D eigenvalue weighted by Gasteiger charge is -2.32. The average Bonchev–Trinajstić information content (AvgIpc) is 3.01. The zero-order valence-electron chi connectivity index (χ0n) is 24.6. The third-order valence-corrected chi connectivity index (χ3v) is 7.32. The highest BCUT2D eigenvalue weighted by atomic mass is 19.4. The number of aromatic nitrogens is 3. The van der Waals surface area contributed by atoms with E-state index in [4.69, 9.17) is 4.74 Å². The number of nitrogens with one attached hydrogen (secondary N) is 2. The van der Waals surface area contributed by atoms with Crippen LogP contribution in [0.2, 0.25) is 0 Å². The number of aryl methyl sites for hydroxylation is 1. The number of hydrogen-bond acceptors (Lipinski definition) is 8. The van der Waals surface area contributed by atoms with Gasteiger partial charge in [0.2, 0.25) is 11.8 Å². The molecule has 1 fully saturated rings. The van der Waals surface area contributed by atoms with E-state index >= 15 is 0 Å². The maximum atomic E-state index is 13.1. The zero-order valence-corrected chi connectivity index (χ0v) is 24.6. The number of piperazine rings is 1. The molecule has 1 saturated heterocycles. The van der Waals surface area contributed by atoms with Crippen molar-refractivity contribution in [1.82, 2.24) is 24.8 Å². The third-order valence-electron chi connectivity index (χ3n) is 7.32. The van der Waals surface area contributed by atoms with Crippen molar-refractivity contribution >= 4 is 17.5 Å². The van der Waals surface area contributed by atoms with Crippen LogP contribution in [0.15, 0.2) is 73.1 Å². The fourth-order valence-corrected chi connectivity index (χ4v) is 4.82. The van der Waals surface area contributed by atoms with Crippen molar-refractivity contribution in [1.29, 1.82) is 0 Å². The Morgan fingerprint density at radius 2 is 1.80 bits per heavy atom. The Balaban J connectivity index is 1.22. The normalized spacial score (nSPS) is 14.3. The predicted molar refractivity (Wildman–Crippen MR) is 163 cm³/mol. The van der Waals surface area contributed by atoms with E-state index < -0.39 is 17.6 Å². The molecule has 3 heterocycles. The minimum atomic E-state index is -4.54.